The number of primary amides is 1. The van der Waals surface area contributed by atoms with E-state index >= 15 is 0 Å². The zero-order chi connectivity index (χ0) is 16.4. The maximum absolute atomic E-state index is 11.8. The Kier molecular flexibility index (Phi) is 3.85. The Bertz CT molecular complexity index is 739. The summed E-state index contributed by atoms with van der Waals surface area (Å²) < 4.78 is 5.10. The van der Waals surface area contributed by atoms with Gasteiger partial charge in [0.15, 0.2) is 5.82 Å². The van der Waals surface area contributed by atoms with Crippen LogP contribution in [0.1, 0.15) is 10.4 Å². The second-order valence-electron chi connectivity index (χ2n) is 4.99. The van der Waals surface area contributed by atoms with Crippen LogP contribution in [0, 0.1) is 0 Å². The van der Waals surface area contributed by atoms with Gasteiger partial charge in [0.1, 0.15) is 18.0 Å². The van der Waals surface area contributed by atoms with Gasteiger partial charge in [0.05, 0.1) is 6.61 Å². The molecule has 0 radical (unpaired) electrons. The molecule has 9 heteroatoms. The second kappa shape index (κ2) is 5.97. The average Bonchev–Trinajstić information content (AvgIpc) is 2.89. The van der Waals surface area contributed by atoms with Gasteiger partial charge in [-0.15, -0.1) is 0 Å². The average molecular weight is 316 g/mol. The Morgan fingerprint density at radius 3 is 2.74 bits per heavy atom. The molecule has 1 fully saturated rings. The highest BCUT2D eigenvalue weighted by Crippen LogP contribution is 2.24. The van der Waals surface area contributed by atoms with Crippen LogP contribution in [0.3, 0.4) is 0 Å². The van der Waals surface area contributed by atoms with E-state index in [1.807, 2.05) is 0 Å². The molecule has 1 aromatic heterocycles. The van der Waals surface area contributed by atoms with E-state index in [2.05, 4.69) is 15.5 Å². The van der Waals surface area contributed by atoms with Crippen molar-refractivity contribution < 1.29 is 14.3 Å². The second-order valence-corrected chi connectivity index (χ2v) is 4.99. The summed E-state index contributed by atoms with van der Waals surface area (Å²) in [6.45, 7) is 1.13. The maximum atomic E-state index is 11.8. The van der Waals surface area contributed by atoms with Gasteiger partial charge >= 0.3 is 0 Å². The number of hydrogen-bond acceptors (Lipinski definition) is 6. The van der Waals surface area contributed by atoms with Gasteiger partial charge in [-0.1, -0.05) is 0 Å². The molecule has 1 aliphatic heterocycles. The number of nitrogens with zero attached hydrogens (tertiary/aromatic N) is 2. The number of carbonyl (C=O) groups excluding carboxylic acids is 2. The number of rotatable bonds is 4. The fourth-order valence-corrected chi connectivity index (χ4v) is 2.35. The maximum Gasteiger partial charge on any atom is 0.256 e. The monoisotopic (exact) mass is 316 g/mol. The fraction of sp³-hybridized carbons (Fsp3) is 0.214. The molecule has 2 heterocycles. The number of benzene rings is 1. The first-order chi connectivity index (χ1) is 11.1. The molecule has 0 saturated carbocycles. The van der Waals surface area contributed by atoms with Crippen molar-refractivity contribution in [2.75, 3.05) is 35.7 Å². The molecular weight excluding hydrogens is 300 g/mol. The lowest BCUT2D eigenvalue weighted by Gasteiger charge is -2.26. The van der Waals surface area contributed by atoms with Gasteiger partial charge in [-0.25, -0.2) is 0 Å². The number of ether oxygens (including phenoxy) is 1. The Balaban J connectivity index is 1.78. The third-order valence-electron chi connectivity index (χ3n) is 3.47. The molecular formula is C14H16N6O3. The summed E-state index contributed by atoms with van der Waals surface area (Å²) >= 11 is 0. The van der Waals surface area contributed by atoms with Gasteiger partial charge < -0.3 is 26.4 Å². The first-order valence-electron chi connectivity index (χ1n) is 6.95. The molecule has 1 saturated heterocycles. The van der Waals surface area contributed by atoms with E-state index < -0.39 is 5.91 Å². The zero-order valence-electron chi connectivity index (χ0n) is 12.2. The Morgan fingerprint density at radius 1 is 1.35 bits per heavy atom. The summed E-state index contributed by atoms with van der Waals surface area (Å²) in [5.74, 6) is -0.386. The molecule has 1 aromatic carbocycles. The number of nitrogen functional groups attached to an aromatic ring is 1. The number of aromatic nitrogens is 2. The molecule has 6 N–H and O–H groups in total. The third kappa shape index (κ3) is 2.94. The van der Waals surface area contributed by atoms with Gasteiger partial charge in [0.2, 0.25) is 0 Å². The van der Waals surface area contributed by atoms with Crippen LogP contribution in [-0.4, -0.2) is 41.8 Å². The largest absolute Gasteiger partial charge is 0.383 e. The van der Waals surface area contributed by atoms with Gasteiger partial charge in [0, 0.05) is 17.9 Å². The van der Waals surface area contributed by atoms with E-state index in [1.54, 1.807) is 29.2 Å². The summed E-state index contributed by atoms with van der Waals surface area (Å²) in [5, 5.41) is 9.38. The summed E-state index contributed by atoms with van der Waals surface area (Å²) in [6.07, 6.45) is 0. The summed E-state index contributed by atoms with van der Waals surface area (Å²) in [7, 11) is 0. The van der Waals surface area contributed by atoms with E-state index in [4.69, 9.17) is 16.2 Å². The number of aromatic amines is 1. The number of hydrogen-bond donors (Lipinski definition) is 4. The topological polar surface area (TPSA) is 139 Å². The third-order valence-corrected chi connectivity index (χ3v) is 3.47. The Labute approximate surface area is 131 Å². The van der Waals surface area contributed by atoms with Crippen molar-refractivity contribution in [1.29, 1.82) is 0 Å². The molecule has 0 unspecified atom stereocenters. The molecule has 2 aromatic rings. The molecule has 0 aliphatic carbocycles. The minimum absolute atomic E-state index is 0.0759. The minimum Gasteiger partial charge on any atom is -0.383 e. The number of anilines is 4. The van der Waals surface area contributed by atoms with Crippen molar-refractivity contribution in [2.24, 2.45) is 5.73 Å². The van der Waals surface area contributed by atoms with Crippen molar-refractivity contribution in [3.63, 3.8) is 0 Å². The molecule has 3 rings (SSSR count). The van der Waals surface area contributed by atoms with Crippen LogP contribution in [0.25, 0.3) is 0 Å². The number of morpholine rings is 1. The SMILES string of the molecule is NC(=O)c1c(Nc2ccc(N3CCOCC3=O)cc2)n[nH]c1N. The van der Waals surface area contributed by atoms with Crippen LogP contribution in [-0.2, 0) is 9.53 Å². The lowest BCUT2D eigenvalue weighted by atomic mass is 10.2. The lowest BCUT2D eigenvalue weighted by molar-refractivity contribution is -0.125. The van der Waals surface area contributed by atoms with Gasteiger partial charge in [0.25, 0.3) is 11.8 Å². The quantitative estimate of drug-likeness (QED) is 0.635. The molecule has 0 bridgehead atoms. The molecule has 0 spiro atoms. The van der Waals surface area contributed by atoms with E-state index in [0.717, 1.165) is 5.69 Å². The van der Waals surface area contributed by atoms with Gasteiger partial charge in [-0.05, 0) is 24.3 Å². The molecule has 2 amide bonds. The van der Waals surface area contributed by atoms with Crippen LogP contribution in [0.15, 0.2) is 24.3 Å². The van der Waals surface area contributed by atoms with Gasteiger partial charge in [-0.3, -0.25) is 14.7 Å². The number of carbonyl (C=O) groups is 2. The van der Waals surface area contributed by atoms with E-state index in [-0.39, 0.29) is 29.7 Å². The molecule has 0 atom stereocenters. The van der Waals surface area contributed by atoms with Crippen molar-refractivity contribution in [1.82, 2.24) is 10.2 Å². The highest BCUT2D eigenvalue weighted by molar-refractivity contribution is 6.02. The first-order valence-corrected chi connectivity index (χ1v) is 6.95. The lowest BCUT2D eigenvalue weighted by Crippen LogP contribution is -2.41. The predicted molar refractivity (Wildman–Crippen MR) is 84.4 cm³/mol. The minimum atomic E-state index is -0.672. The summed E-state index contributed by atoms with van der Waals surface area (Å²) in [5.41, 5.74) is 12.5. The number of amides is 2. The van der Waals surface area contributed by atoms with Crippen molar-refractivity contribution in [3.05, 3.63) is 29.8 Å². The smallest absolute Gasteiger partial charge is 0.256 e. The van der Waals surface area contributed by atoms with Crippen molar-refractivity contribution >= 4 is 34.8 Å². The van der Waals surface area contributed by atoms with E-state index in [1.165, 1.54) is 0 Å². The van der Waals surface area contributed by atoms with Crippen LogP contribution in [0.4, 0.5) is 23.0 Å². The van der Waals surface area contributed by atoms with Crippen LogP contribution in [0.5, 0.6) is 0 Å². The predicted octanol–water partition coefficient (Wildman–Crippen LogP) is 0.198. The van der Waals surface area contributed by atoms with E-state index in [0.29, 0.717) is 18.8 Å². The standard InChI is InChI=1S/C14H16N6O3/c15-12-11(13(16)22)14(19-18-12)17-8-1-3-9(4-2-8)20-5-6-23-7-10(20)21/h1-4H,5-7H2,(H2,16,22)(H4,15,17,18,19). The zero-order valence-corrected chi connectivity index (χ0v) is 12.2. The Morgan fingerprint density at radius 2 is 2.09 bits per heavy atom. The number of nitrogens with two attached hydrogens (primary N) is 2. The normalized spacial score (nSPS) is 14.8. The molecule has 1 aliphatic rings. The van der Waals surface area contributed by atoms with Crippen molar-refractivity contribution in [2.45, 2.75) is 0 Å². The Hall–Kier alpha value is -3.07. The van der Waals surface area contributed by atoms with Crippen molar-refractivity contribution in [3.8, 4) is 0 Å². The molecule has 23 heavy (non-hydrogen) atoms. The van der Waals surface area contributed by atoms with Gasteiger partial charge in [-0.2, -0.15) is 5.10 Å². The number of H-pyrrole nitrogens is 1. The van der Waals surface area contributed by atoms with Crippen LogP contribution < -0.4 is 21.7 Å². The van der Waals surface area contributed by atoms with E-state index in [9.17, 15) is 9.59 Å². The summed E-state index contributed by atoms with van der Waals surface area (Å²) in [4.78, 5) is 24.8. The van der Waals surface area contributed by atoms with Crippen LogP contribution in [0.2, 0.25) is 0 Å². The first kappa shape index (κ1) is 14.9. The highest BCUT2D eigenvalue weighted by atomic mass is 16.5. The molecule has 120 valence electrons. The summed E-state index contributed by atoms with van der Waals surface area (Å²) in [6, 6.07) is 7.14. The molecule has 9 nitrogen and oxygen atoms in total. The highest BCUT2D eigenvalue weighted by Gasteiger charge is 2.20. The fourth-order valence-electron chi connectivity index (χ4n) is 2.35. The van der Waals surface area contributed by atoms with Crippen LogP contribution >= 0.6 is 0 Å². The number of nitrogens with one attached hydrogen (secondary N) is 2.